The highest BCUT2D eigenvalue weighted by Crippen LogP contribution is 2.44. The Morgan fingerprint density at radius 3 is 2.87 bits per heavy atom. The highest BCUT2D eigenvalue weighted by Gasteiger charge is 2.31. The average molecular weight is 224 g/mol. The monoisotopic (exact) mass is 224 g/mol. The third-order valence-corrected chi connectivity index (χ3v) is 4.28. The fraction of sp³-hybridized carbons (Fsp3) is 0.727. The first-order valence-electron chi connectivity index (χ1n) is 5.69. The molecule has 82 valence electrons. The van der Waals surface area contributed by atoms with E-state index in [1.54, 1.807) is 11.3 Å². The summed E-state index contributed by atoms with van der Waals surface area (Å²) >= 11 is 1.76. The molecule has 2 fully saturated rings. The molecule has 0 radical (unpaired) electrons. The van der Waals surface area contributed by atoms with Gasteiger partial charge >= 0.3 is 0 Å². The summed E-state index contributed by atoms with van der Waals surface area (Å²) in [4.78, 5) is 6.02. The largest absolute Gasteiger partial charge is 0.371 e. The van der Waals surface area contributed by atoms with Gasteiger partial charge in [-0.15, -0.1) is 11.3 Å². The van der Waals surface area contributed by atoms with Gasteiger partial charge in [-0.3, -0.25) is 0 Å². The van der Waals surface area contributed by atoms with Crippen LogP contribution >= 0.6 is 11.3 Å². The quantitative estimate of drug-likeness (QED) is 0.857. The lowest BCUT2D eigenvalue weighted by Crippen LogP contribution is -1.97. The molecule has 0 amide bonds. The fourth-order valence-corrected chi connectivity index (χ4v) is 3.23. The molecule has 1 saturated heterocycles. The summed E-state index contributed by atoms with van der Waals surface area (Å²) in [7, 11) is 0. The van der Waals surface area contributed by atoms with Gasteiger partial charge in [0.1, 0.15) is 11.1 Å². The highest BCUT2D eigenvalue weighted by atomic mass is 32.1. The number of thiazole rings is 1. The van der Waals surface area contributed by atoms with Crippen LogP contribution in [0.25, 0.3) is 0 Å². The zero-order chi connectivity index (χ0) is 10.3. The van der Waals surface area contributed by atoms with E-state index in [9.17, 15) is 0 Å². The fourth-order valence-electron chi connectivity index (χ4n) is 2.11. The SMILES string of the molecule is NCc1sc(C2CCCO2)nc1C1CC1. The van der Waals surface area contributed by atoms with Gasteiger partial charge in [0.15, 0.2) is 0 Å². The summed E-state index contributed by atoms with van der Waals surface area (Å²) in [6.45, 7) is 1.52. The Morgan fingerprint density at radius 1 is 1.40 bits per heavy atom. The molecule has 15 heavy (non-hydrogen) atoms. The Hall–Kier alpha value is -0.450. The van der Waals surface area contributed by atoms with Gasteiger partial charge in [-0.2, -0.15) is 0 Å². The van der Waals surface area contributed by atoms with Crippen molar-refractivity contribution in [1.29, 1.82) is 0 Å². The van der Waals surface area contributed by atoms with Crippen molar-refractivity contribution in [2.45, 2.75) is 44.2 Å². The maximum Gasteiger partial charge on any atom is 0.122 e. The summed E-state index contributed by atoms with van der Waals surface area (Å²) in [5.74, 6) is 0.704. The van der Waals surface area contributed by atoms with Gasteiger partial charge < -0.3 is 10.5 Å². The number of aromatic nitrogens is 1. The molecule has 2 heterocycles. The zero-order valence-electron chi connectivity index (χ0n) is 8.74. The van der Waals surface area contributed by atoms with E-state index >= 15 is 0 Å². The molecule has 1 aromatic heterocycles. The van der Waals surface area contributed by atoms with Crippen molar-refractivity contribution in [3.05, 3.63) is 15.6 Å². The Kier molecular flexibility index (Phi) is 2.50. The van der Waals surface area contributed by atoms with Crippen LogP contribution < -0.4 is 5.73 Å². The Morgan fingerprint density at radius 2 is 2.27 bits per heavy atom. The molecule has 1 aliphatic heterocycles. The maximum absolute atomic E-state index is 5.76. The van der Waals surface area contributed by atoms with Crippen molar-refractivity contribution in [3.8, 4) is 0 Å². The molecule has 0 spiro atoms. The molecule has 3 nitrogen and oxygen atoms in total. The number of rotatable bonds is 3. The van der Waals surface area contributed by atoms with Crippen molar-refractivity contribution >= 4 is 11.3 Å². The number of nitrogens with two attached hydrogens (primary N) is 1. The topological polar surface area (TPSA) is 48.1 Å². The van der Waals surface area contributed by atoms with Crippen LogP contribution in [0, 0.1) is 0 Å². The molecule has 0 aromatic carbocycles. The first-order valence-corrected chi connectivity index (χ1v) is 6.51. The van der Waals surface area contributed by atoms with Gasteiger partial charge in [0.25, 0.3) is 0 Å². The average Bonchev–Trinajstić information content (AvgIpc) is 2.83. The van der Waals surface area contributed by atoms with Gasteiger partial charge in [0.05, 0.1) is 5.69 Å². The molecule has 2 aliphatic rings. The Labute approximate surface area is 93.7 Å². The van der Waals surface area contributed by atoms with Gasteiger partial charge in [-0.1, -0.05) is 0 Å². The summed E-state index contributed by atoms with van der Waals surface area (Å²) in [6, 6.07) is 0. The minimum atomic E-state index is 0.257. The van der Waals surface area contributed by atoms with E-state index in [0.29, 0.717) is 12.5 Å². The standard InChI is InChI=1S/C11H16N2OS/c12-6-9-10(7-3-4-7)13-11(15-9)8-2-1-5-14-8/h7-8H,1-6,12H2. The minimum absolute atomic E-state index is 0.257. The van der Waals surface area contributed by atoms with Crippen molar-refractivity contribution in [2.75, 3.05) is 6.61 Å². The summed E-state index contributed by atoms with van der Waals surface area (Å²) in [6.07, 6.45) is 5.14. The van der Waals surface area contributed by atoms with Crippen molar-refractivity contribution in [2.24, 2.45) is 5.73 Å². The second-order valence-electron chi connectivity index (χ2n) is 4.34. The summed E-state index contributed by atoms with van der Waals surface area (Å²) in [5, 5.41) is 1.16. The van der Waals surface area contributed by atoms with Crippen LogP contribution in [0.15, 0.2) is 0 Å². The number of hydrogen-bond acceptors (Lipinski definition) is 4. The molecule has 3 rings (SSSR count). The third kappa shape index (κ3) is 1.82. The van der Waals surface area contributed by atoms with Crippen molar-refractivity contribution in [3.63, 3.8) is 0 Å². The lowest BCUT2D eigenvalue weighted by molar-refractivity contribution is 0.111. The second-order valence-corrected chi connectivity index (χ2v) is 5.46. The van der Waals surface area contributed by atoms with Crippen LogP contribution in [0.5, 0.6) is 0 Å². The Balaban J connectivity index is 1.88. The highest BCUT2D eigenvalue weighted by molar-refractivity contribution is 7.11. The minimum Gasteiger partial charge on any atom is -0.371 e. The van der Waals surface area contributed by atoms with E-state index in [1.807, 2.05) is 0 Å². The van der Waals surface area contributed by atoms with Crippen molar-refractivity contribution in [1.82, 2.24) is 4.98 Å². The number of nitrogens with zero attached hydrogens (tertiary/aromatic N) is 1. The van der Waals surface area contributed by atoms with Gasteiger partial charge in [0.2, 0.25) is 0 Å². The molecule has 1 atom stereocenters. The molecular weight excluding hydrogens is 208 g/mol. The molecule has 2 N–H and O–H groups in total. The predicted octanol–water partition coefficient (Wildman–Crippen LogP) is 2.33. The third-order valence-electron chi connectivity index (χ3n) is 3.10. The number of hydrogen-bond donors (Lipinski definition) is 1. The lowest BCUT2D eigenvalue weighted by Gasteiger charge is -2.03. The van der Waals surface area contributed by atoms with E-state index in [1.165, 1.54) is 29.8 Å². The van der Waals surface area contributed by atoms with E-state index in [2.05, 4.69) is 0 Å². The Bertz CT molecular complexity index is 353. The molecule has 4 heteroatoms. The van der Waals surface area contributed by atoms with Crippen LogP contribution in [0.1, 0.15) is 53.3 Å². The van der Waals surface area contributed by atoms with Crippen LogP contribution in [0.3, 0.4) is 0 Å². The van der Waals surface area contributed by atoms with Crippen LogP contribution in [-0.2, 0) is 11.3 Å². The maximum atomic E-state index is 5.76. The van der Waals surface area contributed by atoms with E-state index < -0.39 is 0 Å². The summed E-state index contributed by atoms with van der Waals surface area (Å²) in [5.41, 5.74) is 7.03. The van der Waals surface area contributed by atoms with Crippen molar-refractivity contribution < 1.29 is 4.74 Å². The van der Waals surface area contributed by atoms with Gasteiger partial charge in [0, 0.05) is 23.9 Å². The smallest absolute Gasteiger partial charge is 0.122 e. The first-order chi connectivity index (χ1) is 7.38. The zero-order valence-corrected chi connectivity index (χ0v) is 9.55. The normalized spacial score (nSPS) is 26.1. The molecule has 1 aliphatic carbocycles. The first kappa shape index (κ1) is 9.75. The second kappa shape index (κ2) is 3.85. The van der Waals surface area contributed by atoms with E-state index in [-0.39, 0.29) is 6.10 Å². The molecule has 1 saturated carbocycles. The molecule has 1 unspecified atom stereocenters. The predicted molar refractivity (Wildman–Crippen MR) is 59.9 cm³/mol. The molecular formula is C11H16N2OS. The van der Waals surface area contributed by atoms with Gasteiger partial charge in [-0.05, 0) is 25.7 Å². The van der Waals surface area contributed by atoms with E-state index in [4.69, 9.17) is 15.5 Å². The van der Waals surface area contributed by atoms with Crippen LogP contribution in [0.4, 0.5) is 0 Å². The molecule has 1 aromatic rings. The van der Waals surface area contributed by atoms with Crippen LogP contribution in [-0.4, -0.2) is 11.6 Å². The van der Waals surface area contributed by atoms with Gasteiger partial charge in [-0.25, -0.2) is 4.98 Å². The molecule has 0 bridgehead atoms. The van der Waals surface area contributed by atoms with E-state index in [0.717, 1.165) is 18.0 Å². The number of ether oxygens (including phenoxy) is 1. The van der Waals surface area contributed by atoms with Crippen LogP contribution in [0.2, 0.25) is 0 Å². The summed E-state index contributed by atoms with van der Waals surface area (Å²) < 4.78 is 5.66. The lowest BCUT2D eigenvalue weighted by atomic mass is 10.2.